The highest BCUT2D eigenvalue weighted by Crippen LogP contribution is 2.19. The van der Waals surface area contributed by atoms with Crippen molar-refractivity contribution in [3.8, 4) is 0 Å². The number of carbonyl (C=O) groups excluding carboxylic acids is 2. The van der Waals surface area contributed by atoms with Crippen LogP contribution in [0.4, 0.5) is 18.9 Å². The van der Waals surface area contributed by atoms with Gasteiger partial charge in [-0.1, -0.05) is 18.2 Å². The van der Waals surface area contributed by atoms with Crippen LogP contribution < -0.4 is 10.9 Å². The molecule has 9 heteroatoms. The van der Waals surface area contributed by atoms with E-state index in [0.29, 0.717) is 17.0 Å². The number of rotatable bonds is 4. The minimum Gasteiger partial charge on any atom is -0.452 e. The first-order valence-electron chi connectivity index (χ1n) is 7.59. The number of H-pyrrole nitrogens is 1. The van der Waals surface area contributed by atoms with E-state index in [4.69, 9.17) is 4.74 Å². The van der Waals surface area contributed by atoms with Gasteiger partial charge in [-0.3, -0.25) is 9.59 Å². The molecule has 0 bridgehead atoms. The molecular formula is C18H11F3N2O4. The molecular weight excluding hydrogens is 365 g/mol. The molecule has 0 spiro atoms. The first kappa shape index (κ1) is 18.2. The van der Waals surface area contributed by atoms with Crippen molar-refractivity contribution in [2.24, 2.45) is 0 Å². The van der Waals surface area contributed by atoms with Gasteiger partial charge < -0.3 is 15.0 Å². The SMILES string of the molecule is O=C(COC(=O)c1cc(=O)[nH]c2ccccc12)Nc1ccc(F)c(F)c1F. The van der Waals surface area contributed by atoms with Gasteiger partial charge in [0, 0.05) is 17.0 Å². The van der Waals surface area contributed by atoms with E-state index in [0.717, 1.165) is 12.1 Å². The molecule has 0 aliphatic rings. The van der Waals surface area contributed by atoms with E-state index in [-0.39, 0.29) is 5.56 Å². The standard InChI is InChI=1S/C18H11F3N2O4/c19-11-5-6-13(17(21)16(11)20)23-15(25)8-27-18(26)10-7-14(24)22-12-4-2-1-3-9(10)12/h1-7H,8H2,(H,22,24)(H,23,25). The highest BCUT2D eigenvalue weighted by Gasteiger charge is 2.18. The number of halogens is 3. The molecule has 0 unspecified atom stereocenters. The second-order valence-corrected chi connectivity index (χ2v) is 5.44. The Hall–Kier alpha value is -3.62. The third-order valence-electron chi connectivity index (χ3n) is 3.61. The number of hydrogen-bond acceptors (Lipinski definition) is 4. The molecule has 1 amide bonds. The fraction of sp³-hybridized carbons (Fsp3) is 0.0556. The highest BCUT2D eigenvalue weighted by molar-refractivity contribution is 6.04. The summed E-state index contributed by atoms with van der Waals surface area (Å²) in [6.07, 6.45) is 0. The zero-order valence-electron chi connectivity index (χ0n) is 13.5. The highest BCUT2D eigenvalue weighted by atomic mass is 19.2. The lowest BCUT2D eigenvalue weighted by molar-refractivity contribution is -0.119. The Bertz CT molecular complexity index is 1110. The average Bonchev–Trinajstić information content (AvgIpc) is 2.66. The van der Waals surface area contributed by atoms with Crippen LogP contribution in [-0.2, 0) is 9.53 Å². The lowest BCUT2D eigenvalue weighted by Gasteiger charge is -2.09. The van der Waals surface area contributed by atoms with Crippen LogP contribution in [0.3, 0.4) is 0 Å². The van der Waals surface area contributed by atoms with E-state index < -0.39 is 47.2 Å². The van der Waals surface area contributed by atoms with Crippen LogP contribution in [0.5, 0.6) is 0 Å². The number of carbonyl (C=O) groups is 2. The molecule has 6 nitrogen and oxygen atoms in total. The molecule has 1 aromatic heterocycles. The maximum atomic E-state index is 13.5. The Kier molecular flexibility index (Phi) is 4.93. The Balaban J connectivity index is 1.72. The summed E-state index contributed by atoms with van der Waals surface area (Å²) in [6.45, 7) is -0.821. The number of hydrogen-bond donors (Lipinski definition) is 2. The number of aromatic nitrogens is 1. The van der Waals surface area contributed by atoms with Gasteiger partial charge in [0.2, 0.25) is 5.56 Å². The summed E-state index contributed by atoms with van der Waals surface area (Å²) in [4.78, 5) is 38.2. The first-order valence-corrected chi connectivity index (χ1v) is 7.59. The van der Waals surface area contributed by atoms with Gasteiger partial charge in [-0.05, 0) is 18.2 Å². The number of esters is 1. The third kappa shape index (κ3) is 3.81. The molecule has 0 aliphatic carbocycles. The van der Waals surface area contributed by atoms with Crippen molar-refractivity contribution in [1.82, 2.24) is 4.98 Å². The summed E-state index contributed by atoms with van der Waals surface area (Å²) in [5.41, 5.74) is -0.781. The summed E-state index contributed by atoms with van der Waals surface area (Å²) >= 11 is 0. The minimum absolute atomic E-state index is 0.0545. The van der Waals surface area contributed by atoms with Crippen LogP contribution in [0.15, 0.2) is 47.3 Å². The maximum Gasteiger partial charge on any atom is 0.339 e. The molecule has 0 atom stereocenters. The molecule has 27 heavy (non-hydrogen) atoms. The molecule has 2 N–H and O–H groups in total. The third-order valence-corrected chi connectivity index (χ3v) is 3.61. The van der Waals surface area contributed by atoms with Crippen molar-refractivity contribution in [1.29, 1.82) is 0 Å². The number of fused-ring (bicyclic) bond motifs is 1. The number of anilines is 1. The summed E-state index contributed by atoms with van der Waals surface area (Å²) in [5, 5.41) is 2.38. The van der Waals surface area contributed by atoms with E-state index in [2.05, 4.69) is 4.98 Å². The topological polar surface area (TPSA) is 88.3 Å². The summed E-state index contributed by atoms with van der Waals surface area (Å²) < 4.78 is 44.4. The number of aromatic amines is 1. The first-order chi connectivity index (χ1) is 12.9. The van der Waals surface area contributed by atoms with Gasteiger partial charge in [0.15, 0.2) is 24.1 Å². The summed E-state index contributed by atoms with van der Waals surface area (Å²) in [7, 11) is 0. The van der Waals surface area contributed by atoms with Crippen LogP contribution in [0, 0.1) is 17.5 Å². The molecule has 0 saturated carbocycles. The molecule has 2 aromatic carbocycles. The van der Waals surface area contributed by atoms with Crippen molar-refractivity contribution in [2.45, 2.75) is 0 Å². The van der Waals surface area contributed by atoms with Crippen molar-refractivity contribution in [3.63, 3.8) is 0 Å². The van der Waals surface area contributed by atoms with Crippen molar-refractivity contribution in [2.75, 3.05) is 11.9 Å². The Morgan fingerprint density at radius 2 is 1.78 bits per heavy atom. The van der Waals surface area contributed by atoms with Gasteiger partial charge in [-0.15, -0.1) is 0 Å². The molecule has 3 rings (SSSR count). The predicted molar refractivity (Wildman–Crippen MR) is 89.8 cm³/mol. The molecule has 3 aromatic rings. The number of amides is 1. The van der Waals surface area contributed by atoms with Crippen LogP contribution in [0.2, 0.25) is 0 Å². The van der Waals surface area contributed by atoms with Gasteiger partial charge in [0.25, 0.3) is 5.91 Å². The molecule has 138 valence electrons. The van der Waals surface area contributed by atoms with Gasteiger partial charge >= 0.3 is 5.97 Å². The molecule has 1 heterocycles. The van der Waals surface area contributed by atoms with Crippen molar-refractivity contribution < 1.29 is 27.5 Å². The van der Waals surface area contributed by atoms with Crippen LogP contribution in [-0.4, -0.2) is 23.5 Å². The average molecular weight is 376 g/mol. The van der Waals surface area contributed by atoms with E-state index in [9.17, 15) is 27.6 Å². The predicted octanol–water partition coefficient (Wildman–Crippen LogP) is 2.74. The smallest absolute Gasteiger partial charge is 0.339 e. The molecule has 0 aliphatic heterocycles. The Labute approximate surface area is 149 Å². The lowest BCUT2D eigenvalue weighted by Crippen LogP contribution is -2.22. The summed E-state index contributed by atoms with van der Waals surface area (Å²) in [5.74, 6) is -6.63. The van der Waals surface area contributed by atoms with Gasteiger partial charge in [-0.2, -0.15) is 0 Å². The van der Waals surface area contributed by atoms with Gasteiger partial charge in [0.05, 0.1) is 11.3 Å². The number of benzene rings is 2. The van der Waals surface area contributed by atoms with Gasteiger partial charge in [-0.25, -0.2) is 18.0 Å². The number of nitrogens with one attached hydrogen (secondary N) is 2. The van der Waals surface area contributed by atoms with Gasteiger partial charge in [0.1, 0.15) is 0 Å². The van der Waals surface area contributed by atoms with Crippen LogP contribution in [0.25, 0.3) is 10.9 Å². The number of ether oxygens (including phenoxy) is 1. The van der Waals surface area contributed by atoms with E-state index >= 15 is 0 Å². The normalized spacial score (nSPS) is 10.6. The fourth-order valence-electron chi connectivity index (χ4n) is 2.39. The number of pyridine rings is 1. The largest absolute Gasteiger partial charge is 0.452 e. The zero-order valence-corrected chi connectivity index (χ0v) is 13.5. The molecule has 0 radical (unpaired) electrons. The maximum absolute atomic E-state index is 13.5. The Morgan fingerprint density at radius 1 is 1.04 bits per heavy atom. The zero-order chi connectivity index (χ0) is 19.6. The van der Waals surface area contributed by atoms with Crippen LogP contribution >= 0.6 is 0 Å². The monoisotopic (exact) mass is 376 g/mol. The second kappa shape index (κ2) is 7.32. The minimum atomic E-state index is -1.74. The molecule has 0 fully saturated rings. The van der Waals surface area contributed by atoms with Crippen molar-refractivity contribution >= 4 is 28.5 Å². The van der Waals surface area contributed by atoms with E-state index in [1.807, 2.05) is 5.32 Å². The van der Waals surface area contributed by atoms with E-state index in [1.165, 1.54) is 0 Å². The number of para-hydroxylation sites is 1. The van der Waals surface area contributed by atoms with E-state index in [1.54, 1.807) is 24.3 Å². The summed E-state index contributed by atoms with van der Waals surface area (Å²) in [6, 6.07) is 8.98. The molecule has 0 saturated heterocycles. The fourth-order valence-corrected chi connectivity index (χ4v) is 2.39. The Morgan fingerprint density at radius 3 is 2.56 bits per heavy atom. The lowest BCUT2D eigenvalue weighted by atomic mass is 10.1. The quantitative estimate of drug-likeness (QED) is 0.541. The van der Waals surface area contributed by atoms with Crippen LogP contribution in [0.1, 0.15) is 10.4 Å². The second-order valence-electron chi connectivity index (χ2n) is 5.44. The van der Waals surface area contributed by atoms with Crippen molar-refractivity contribution in [3.05, 3.63) is 75.8 Å².